The Labute approximate surface area is 153 Å². The van der Waals surface area contributed by atoms with E-state index in [9.17, 15) is 0 Å². The molecule has 3 aromatic rings. The average Bonchev–Trinajstić information content (AvgIpc) is 2.62. The van der Waals surface area contributed by atoms with Gasteiger partial charge in [0, 0.05) is 0 Å². The summed E-state index contributed by atoms with van der Waals surface area (Å²) in [6.07, 6.45) is 0. The maximum absolute atomic E-state index is 3.61. The molecule has 122 valence electrons. The molecule has 0 saturated carbocycles. The number of hydrogen-bond donors (Lipinski definition) is 0. The van der Waals surface area contributed by atoms with Crippen molar-refractivity contribution in [3.63, 3.8) is 0 Å². The van der Waals surface area contributed by atoms with Crippen molar-refractivity contribution < 1.29 is 0 Å². The van der Waals surface area contributed by atoms with Crippen LogP contribution in [0.15, 0.2) is 84.9 Å². The Kier molecular flexibility index (Phi) is 4.97. The minimum absolute atomic E-state index is 0.177. The summed E-state index contributed by atoms with van der Waals surface area (Å²) in [6.45, 7) is 6.78. The van der Waals surface area contributed by atoms with Gasteiger partial charge in [-0.1, -0.05) is 0 Å². The third-order valence-electron chi connectivity index (χ3n) is 4.34. The zero-order chi connectivity index (χ0) is 17.2. The van der Waals surface area contributed by atoms with Gasteiger partial charge >= 0.3 is 153 Å². The molecule has 0 radical (unpaired) electrons. The van der Waals surface area contributed by atoms with Gasteiger partial charge < -0.3 is 0 Å². The normalized spacial score (nSPS) is 12.1. The van der Waals surface area contributed by atoms with Gasteiger partial charge in [-0.15, -0.1) is 0 Å². The predicted octanol–water partition coefficient (Wildman–Crippen LogP) is 4.36. The zero-order valence-corrected chi connectivity index (χ0v) is 17.0. The first-order chi connectivity index (χ1) is 11.4. The van der Waals surface area contributed by atoms with E-state index in [1.165, 1.54) is 21.5 Å². The summed E-state index contributed by atoms with van der Waals surface area (Å²) in [6, 6.07) is 30.9. The SMILES string of the molecule is CC(C)(C)c1ccc(P(=[Se])(c2ccccc2)c2ccccc2)cc1. The van der Waals surface area contributed by atoms with Crippen molar-refractivity contribution in [1.29, 1.82) is 0 Å². The quantitative estimate of drug-likeness (QED) is 0.455. The van der Waals surface area contributed by atoms with Gasteiger partial charge in [0.25, 0.3) is 0 Å². The Morgan fingerprint density at radius 1 is 0.583 bits per heavy atom. The standard InChI is InChI=1S/C22H23PSe/c1-22(2,3)18-14-16-21(17-15-18)23(24,19-10-6-4-7-11-19)20-12-8-5-9-13-20/h4-17H,1-3H3. The molecule has 0 saturated heterocycles. The van der Waals surface area contributed by atoms with Crippen LogP contribution in [0, 0.1) is 0 Å². The molecule has 0 spiro atoms. The topological polar surface area (TPSA) is 0 Å². The van der Waals surface area contributed by atoms with Crippen LogP contribution in [0.3, 0.4) is 0 Å². The Hall–Kier alpha value is -1.39. The molecule has 3 rings (SSSR count). The predicted molar refractivity (Wildman–Crippen MR) is 110 cm³/mol. The van der Waals surface area contributed by atoms with Gasteiger partial charge in [0.1, 0.15) is 0 Å². The number of rotatable bonds is 3. The molecule has 0 N–H and O–H groups in total. The zero-order valence-electron chi connectivity index (χ0n) is 14.4. The molecule has 3 aromatic carbocycles. The van der Waals surface area contributed by atoms with Crippen molar-refractivity contribution in [3.05, 3.63) is 90.5 Å². The van der Waals surface area contributed by atoms with Crippen LogP contribution in [0.2, 0.25) is 0 Å². The monoisotopic (exact) mass is 398 g/mol. The molecule has 0 aliphatic rings. The van der Waals surface area contributed by atoms with Crippen LogP contribution in [0.25, 0.3) is 0 Å². The van der Waals surface area contributed by atoms with Gasteiger partial charge in [-0.25, -0.2) is 0 Å². The molecule has 0 heterocycles. The molecular weight excluding hydrogens is 374 g/mol. The van der Waals surface area contributed by atoms with Crippen molar-refractivity contribution in [3.8, 4) is 0 Å². The number of hydrogen-bond acceptors (Lipinski definition) is 0. The molecule has 2 heteroatoms. The molecule has 0 amide bonds. The molecule has 0 bridgehead atoms. The Morgan fingerprint density at radius 2 is 0.958 bits per heavy atom. The third kappa shape index (κ3) is 3.35. The second-order valence-corrected chi connectivity index (χ2v) is 13.3. The van der Waals surface area contributed by atoms with Crippen molar-refractivity contribution in [2.45, 2.75) is 26.2 Å². The van der Waals surface area contributed by atoms with Gasteiger partial charge in [0.2, 0.25) is 0 Å². The summed E-state index contributed by atoms with van der Waals surface area (Å²) >= 11 is 3.61. The van der Waals surface area contributed by atoms with Crippen LogP contribution in [0.1, 0.15) is 26.3 Å². The molecule has 0 fully saturated rings. The van der Waals surface area contributed by atoms with E-state index in [4.69, 9.17) is 0 Å². The van der Waals surface area contributed by atoms with Crippen LogP contribution >= 0.6 is 5.51 Å². The first-order valence-corrected chi connectivity index (χ1v) is 12.3. The molecule has 0 aliphatic carbocycles. The average molecular weight is 397 g/mol. The van der Waals surface area contributed by atoms with Crippen molar-refractivity contribution in [2.24, 2.45) is 0 Å². The van der Waals surface area contributed by atoms with Gasteiger partial charge in [0.05, 0.1) is 0 Å². The summed E-state index contributed by atoms with van der Waals surface area (Å²) in [5.41, 5.74) is -0.172. The van der Waals surface area contributed by atoms with E-state index in [1.54, 1.807) is 0 Å². The van der Waals surface area contributed by atoms with Crippen LogP contribution in [0.5, 0.6) is 0 Å². The first-order valence-electron chi connectivity index (χ1n) is 8.25. The van der Waals surface area contributed by atoms with E-state index in [2.05, 4.69) is 121 Å². The maximum atomic E-state index is 3.61. The second-order valence-electron chi connectivity index (χ2n) is 7.08. The van der Waals surface area contributed by atoms with Gasteiger partial charge in [-0.05, 0) is 0 Å². The van der Waals surface area contributed by atoms with Gasteiger partial charge in [-0.2, -0.15) is 0 Å². The van der Waals surface area contributed by atoms with E-state index in [1.807, 2.05) is 0 Å². The molecule has 0 aliphatic heterocycles. The van der Waals surface area contributed by atoms with Crippen LogP contribution in [-0.4, -0.2) is 15.1 Å². The summed E-state index contributed by atoms with van der Waals surface area (Å²) in [5, 5.41) is 4.13. The van der Waals surface area contributed by atoms with E-state index < -0.39 is 5.51 Å². The Bertz CT molecular complexity index is 800. The molecule has 0 unspecified atom stereocenters. The summed E-state index contributed by atoms with van der Waals surface area (Å²) in [4.78, 5) is 0. The van der Waals surface area contributed by atoms with Crippen LogP contribution in [-0.2, 0) is 5.41 Å². The molecule has 0 nitrogen and oxygen atoms in total. The number of benzene rings is 3. The van der Waals surface area contributed by atoms with Crippen molar-refractivity contribution >= 4 is 36.5 Å². The van der Waals surface area contributed by atoms with E-state index >= 15 is 0 Å². The molecule has 0 atom stereocenters. The van der Waals surface area contributed by atoms with Crippen LogP contribution in [0.4, 0.5) is 0 Å². The Balaban J connectivity index is 2.18. The summed E-state index contributed by atoms with van der Waals surface area (Å²) < 4.78 is 0. The first kappa shape index (κ1) is 17.4. The third-order valence-corrected chi connectivity index (χ3v) is 11.4. The summed E-state index contributed by atoms with van der Waals surface area (Å²) in [7, 11) is 0. The molecule has 24 heavy (non-hydrogen) atoms. The molecular formula is C22H23PSe. The van der Waals surface area contributed by atoms with E-state index in [0.717, 1.165) is 0 Å². The fraction of sp³-hybridized carbons (Fsp3) is 0.182. The Morgan fingerprint density at radius 3 is 1.33 bits per heavy atom. The minimum atomic E-state index is -1.72. The molecule has 0 aromatic heterocycles. The fourth-order valence-corrected chi connectivity index (χ4v) is 7.84. The fourth-order valence-electron chi connectivity index (χ4n) is 2.89. The van der Waals surface area contributed by atoms with Gasteiger partial charge in [-0.3, -0.25) is 0 Å². The van der Waals surface area contributed by atoms with Gasteiger partial charge in [0.15, 0.2) is 0 Å². The van der Waals surface area contributed by atoms with Crippen LogP contribution < -0.4 is 15.9 Å². The van der Waals surface area contributed by atoms with E-state index in [-0.39, 0.29) is 5.41 Å². The van der Waals surface area contributed by atoms with E-state index in [0.29, 0.717) is 0 Å². The second kappa shape index (κ2) is 6.85. The summed E-state index contributed by atoms with van der Waals surface area (Å²) in [5.74, 6) is 0. The van der Waals surface area contributed by atoms with Crippen molar-refractivity contribution in [2.75, 3.05) is 0 Å². The van der Waals surface area contributed by atoms with Crippen molar-refractivity contribution in [1.82, 2.24) is 0 Å².